The van der Waals surface area contributed by atoms with E-state index in [1.165, 1.54) is 4.68 Å². The number of aromatic nitrogens is 2. The SMILES string of the molecule is CC(C)CC(C)Nc1cnn(CC(C)C)c(=O)c1Cl. The number of hydrogen-bond donors (Lipinski definition) is 1. The zero-order chi connectivity index (χ0) is 14.6. The Morgan fingerprint density at radius 2 is 1.89 bits per heavy atom. The van der Waals surface area contributed by atoms with Crippen LogP contribution in [-0.4, -0.2) is 15.8 Å². The molecule has 0 aromatic carbocycles. The van der Waals surface area contributed by atoms with Crippen LogP contribution in [0.1, 0.15) is 41.0 Å². The number of hydrogen-bond acceptors (Lipinski definition) is 3. The minimum atomic E-state index is -0.225. The van der Waals surface area contributed by atoms with E-state index in [4.69, 9.17) is 11.6 Å². The van der Waals surface area contributed by atoms with E-state index in [1.54, 1.807) is 6.20 Å². The fraction of sp³-hybridized carbons (Fsp3) is 0.714. The summed E-state index contributed by atoms with van der Waals surface area (Å²) in [5.41, 5.74) is 0.400. The van der Waals surface area contributed by atoms with Gasteiger partial charge in [0.2, 0.25) is 0 Å². The molecule has 0 fully saturated rings. The lowest BCUT2D eigenvalue weighted by Crippen LogP contribution is -2.27. The van der Waals surface area contributed by atoms with Gasteiger partial charge in [0, 0.05) is 12.6 Å². The maximum atomic E-state index is 12.1. The first kappa shape index (κ1) is 16.0. The van der Waals surface area contributed by atoms with Crippen molar-refractivity contribution in [1.29, 1.82) is 0 Å². The molecule has 1 aromatic rings. The number of nitrogens with one attached hydrogen (secondary N) is 1. The standard InChI is InChI=1S/C14H24ClN3O/c1-9(2)6-11(5)17-12-7-16-18(8-10(3)4)14(19)13(12)15/h7,9-11,17H,6,8H2,1-5H3. The summed E-state index contributed by atoms with van der Waals surface area (Å²) in [5, 5.41) is 7.65. The summed E-state index contributed by atoms with van der Waals surface area (Å²) in [5.74, 6) is 0.954. The van der Waals surface area contributed by atoms with Gasteiger partial charge in [0.15, 0.2) is 0 Å². The molecule has 1 aromatic heterocycles. The van der Waals surface area contributed by atoms with Gasteiger partial charge in [-0.15, -0.1) is 0 Å². The summed E-state index contributed by atoms with van der Waals surface area (Å²) in [6.45, 7) is 11.1. The van der Waals surface area contributed by atoms with Crippen molar-refractivity contribution in [3.05, 3.63) is 21.6 Å². The van der Waals surface area contributed by atoms with E-state index in [1.807, 2.05) is 13.8 Å². The Hall–Kier alpha value is -1.03. The monoisotopic (exact) mass is 285 g/mol. The van der Waals surface area contributed by atoms with Gasteiger partial charge in [-0.1, -0.05) is 39.3 Å². The van der Waals surface area contributed by atoms with E-state index in [9.17, 15) is 4.79 Å². The summed E-state index contributed by atoms with van der Waals surface area (Å²) in [7, 11) is 0. The van der Waals surface area contributed by atoms with Crippen molar-refractivity contribution in [2.75, 3.05) is 5.32 Å². The summed E-state index contributed by atoms with van der Waals surface area (Å²) < 4.78 is 1.42. The summed E-state index contributed by atoms with van der Waals surface area (Å²) >= 11 is 6.13. The normalized spacial score (nSPS) is 13.1. The van der Waals surface area contributed by atoms with Gasteiger partial charge in [-0.3, -0.25) is 4.79 Å². The third-order valence-electron chi connectivity index (χ3n) is 2.75. The number of anilines is 1. The Labute approximate surface area is 120 Å². The van der Waals surface area contributed by atoms with E-state index < -0.39 is 0 Å². The van der Waals surface area contributed by atoms with Gasteiger partial charge in [-0.2, -0.15) is 5.10 Å². The van der Waals surface area contributed by atoms with Crippen LogP contribution >= 0.6 is 11.6 Å². The molecule has 0 aliphatic heterocycles. The number of halogens is 1. The molecule has 0 bridgehead atoms. The quantitative estimate of drug-likeness (QED) is 0.871. The Balaban J connectivity index is 2.87. The van der Waals surface area contributed by atoms with Crippen molar-refractivity contribution >= 4 is 17.3 Å². The predicted molar refractivity (Wildman–Crippen MR) is 80.9 cm³/mol. The first-order valence-corrected chi connectivity index (χ1v) is 7.21. The molecule has 1 N–H and O–H groups in total. The van der Waals surface area contributed by atoms with E-state index in [2.05, 4.69) is 31.2 Å². The van der Waals surface area contributed by atoms with Gasteiger partial charge in [0.1, 0.15) is 5.02 Å². The average Bonchev–Trinajstić information content (AvgIpc) is 2.27. The Bertz CT molecular complexity index is 468. The molecule has 0 aliphatic rings. The third kappa shape index (κ3) is 4.86. The number of nitrogens with zero attached hydrogens (tertiary/aromatic N) is 2. The van der Waals surface area contributed by atoms with Crippen molar-refractivity contribution < 1.29 is 0 Å². The molecule has 1 unspecified atom stereocenters. The van der Waals surface area contributed by atoms with Gasteiger partial charge >= 0.3 is 0 Å². The molecular formula is C14H24ClN3O. The van der Waals surface area contributed by atoms with Crippen LogP contribution in [0.25, 0.3) is 0 Å². The molecule has 4 nitrogen and oxygen atoms in total. The first-order chi connectivity index (χ1) is 8.81. The molecule has 1 atom stereocenters. The third-order valence-corrected chi connectivity index (χ3v) is 3.12. The van der Waals surface area contributed by atoms with Crippen LogP contribution in [0.3, 0.4) is 0 Å². The topological polar surface area (TPSA) is 46.9 Å². The smallest absolute Gasteiger partial charge is 0.287 e. The molecule has 0 radical (unpaired) electrons. The van der Waals surface area contributed by atoms with Gasteiger partial charge in [-0.25, -0.2) is 4.68 Å². The molecule has 108 valence electrons. The van der Waals surface area contributed by atoms with E-state index in [0.29, 0.717) is 24.1 Å². The predicted octanol–water partition coefficient (Wildman–Crippen LogP) is 3.40. The van der Waals surface area contributed by atoms with Gasteiger partial charge in [0.05, 0.1) is 11.9 Å². The molecule has 0 saturated heterocycles. The Morgan fingerprint density at radius 3 is 2.42 bits per heavy atom. The number of rotatable bonds is 6. The highest BCUT2D eigenvalue weighted by Crippen LogP contribution is 2.18. The fourth-order valence-corrected chi connectivity index (χ4v) is 2.27. The van der Waals surface area contributed by atoms with E-state index >= 15 is 0 Å². The zero-order valence-electron chi connectivity index (χ0n) is 12.4. The van der Waals surface area contributed by atoms with Crippen LogP contribution < -0.4 is 10.9 Å². The van der Waals surface area contributed by atoms with Gasteiger partial charge in [-0.05, 0) is 25.2 Å². The second kappa shape index (κ2) is 6.94. The van der Waals surface area contributed by atoms with Crippen LogP contribution in [0, 0.1) is 11.8 Å². The van der Waals surface area contributed by atoms with Crippen LogP contribution in [0.2, 0.25) is 5.02 Å². The molecule has 1 rings (SSSR count). The van der Waals surface area contributed by atoms with Crippen LogP contribution in [-0.2, 0) is 6.54 Å². The average molecular weight is 286 g/mol. The van der Waals surface area contributed by atoms with Crippen molar-refractivity contribution in [2.45, 2.75) is 53.6 Å². The second-order valence-corrected chi connectivity index (χ2v) is 6.31. The molecule has 5 heteroatoms. The second-order valence-electron chi connectivity index (χ2n) is 5.93. The maximum Gasteiger partial charge on any atom is 0.287 e. The van der Waals surface area contributed by atoms with Crippen molar-refractivity contribution in [3.63, 3.8) is 0 Å². The van der Waals surface area contributed by atoms with Gasteiger partial charge < -0.3 is 5.32 Å². The fourth-order valence-electron chi connectivity index (χ4n) is 2.07. The lowest BCUT2D eigenvalue weighted by atomic mass is 10.1. The maximum absolute atomic E-state index is 12.1. The van der Waals surface area contributed by atoms with Crippen molar-refractivity contribution in [2.24, 2.45) is 11.8 Å². The van der Waals surface area contributed by atoms with Gasteiger partial charge in [0.25, 0.3) is 5.56 Å². The molecule has 0 spiro atoms. The minimum absolute atomic E-state index is 0.225. The lowest BCUT2D eigenvalue weighted by Gasteiger charge is -2.18. The summed E-state index contributed by atoms with van der Waals surface area (Å²) in [6, 6.07) is 0.264. The largest absolute Gasteiger partial charge is 0.380 e. The molecule has 1 heterocycles. The Morgan fingerprint density at radius 1 is 1.26 bits per heavy atom. The van der Waals surface area contributed by atoms with E-state index in [-0.39, 0.29) is 16.6 Å². The van der Waals surface area contributed by atoms with Crippen molar-refractivity contribution in [1.82, 2.24) is 9.78 Å². The highest BCUT2D eigenvalue weighted by molar-refractivity contribution is 6.32. The molecule has 19 heavy (non-hydrogen) atoms. The van der Waals surface area contributed by atoms with Crippen molar-refractivity contribution in [3.8, 4) is 0 Å². The van der Waals surface area contributed by atoms with Crippen LogP contribution in [0.15, 0.2) is 11.0 Å². The van der Waals surface area contributed by atoms with E-state index in [0.717, 1.165) is 6.42 Å². The highest BCUT2D eigenvalue weighted by atomic mass is 35.5. The lowest BCUT2D eigenvalue weighted by molar-refractivity contribution is 0.463. The highest BCUT2D eigenvalue weighted by Gasteiger charge is 2.12. The minimum Gasteiger partial charge on any atom is -0.380 e. The molecular weight excluding hydrogens is 262 g/mol. The molecule has 0 saturated carbocycles. The first-order valence-electron chi connectivity index (χ1n) is 6.83. The Kier molecular flexibility index (Phi) is 5.85. The van der Waals surface area contributed by atoms with Crippen LogP contribution in [0.4, 0.5) is 5.69 Å². The summed E-state index contributed by atoms with van der Waals surface area (Å²) in [6.07, 6.45) is 2.66. The van der Waals surface area contributed by atoms with Crippen LogP contribution in [0.5, 0.6) is 0 Å². The summed E-state index contributed by atoms with van der Waals surface area (Å²) in [4.78, 5) is 12.1. The molecule has 0 aliphatic carbocycles. The zero-order valence-corrected chi connectivity index (χ0v) is 13.2. The molecule has 0 amide bonds.